The highest BCUT2D eigenvalue weighted by Gasteiger charge is 2.40. The van der Waals surface area contributed by atoms with Gasteiger partial charge in [0.15, 0.2) is 0 Å². The number of carbonyl (C=O) groups excluding carboxylic acids is 2. The molecule has 108 valence electrons. The molecule has 0 aromatic rings. The minimum atomic E-state index is -0.309. The molecule has 1 saturated carbocycles. The lowest BCUT2D eigenvalue weighted by atomic mass is 9.76. The van der Waals surface area contributed by atoms with Gasteiger partial charge in [0.1, 0.15) is 6.04 Å². The van der Waals surface area contributed by atoms with Crippen molar-refractivity contribution in [2.45, 2.75) is 65.0 Å². The fraction of sp³-hybridized carbons (Fsp3) is 0.867. The fourth-order valence-electron chi connectivity index (χ4n) is 3.60. The average Bonchev–Trinajstić information content (AvgIpc) is 2.41. The van der Waals surface area contributed by atoms with Gasteiger partial charge in [0.2, 0.25) is 11.8 Å². The molecular formula is C15H26N2O2. The normalized spacial score (nSPS) is 32.6. The van der Waals surface area contributed by atoms with Crippen LogP contribution in [0.4, 0.5) is 0 Å². The van der Waals surface area contributed by atoms with Gasteiger partial charge in [-0.2, -0.15) is 0 Å². The highest BCUT2D eigenvalue weighted by Crippen LogP contribution is 2.34. The molecule has 1 heterocycles. The summed E-state index contributed by atoms with van der Waals surface area (Å²) in [6.07, 6.45) is 5.35. The number of nitrogens with zero attached hydrogens (tertiary/aromatic N) is 1. The van der Waals surface area contributed by atoms with Crippen LogP contribution >= 0.6 is 0 Å². The van der Waals surface area contributed by atoms with Crippen molar-refractivity contribution in [3.63, 3.8) is 0 Å². The van der Waals surface area contributed by atoms with Gasteiger partial charge < -0.3 is 10.2 Å². The maximum absolute atomic E-state index is 12.5. The molecule has 2 fully saturated rings. The molecule has 1 N–H and O–H groups in total. The third kappa shape index (κ3) is 2.93. The van der Waals surface area contributed by atoms with E-state index in [0.29, 0.717) is 18.3 Å². The van der Waals surface area contributed by atoms with Gasteiger partial charge in [-0.1, -0.05) is 33.6 Å². The van der Waals surface area contributed by atoms with Gasteiger partial charge in [-0.3, -0.25) is 9.59 Å². The van der Waals surface area contributed by atoms with Crippen molar-refractivity contribution in [2.75, 3.05) is 6.54 Å². The Hall–Kier alpha value is -1.06. The van der Waals surface area contributed by atoms with Gasteiger partial charge in [-0.15, -0.1) is 0 Å². The summed E-state index contributed by atoms with van der Waals surface area (Å²) in [5.74, 6) is 1.24. The molecule has 1 saturated heterocycles. The monoisotopic (exact) mass is 266 g/mol. The Morgan fingerprint density at radius 3 is 2.58 bits per heavy atom. The van der Waals surface area contributed by atoms with Crippen LogP contribution in [-0.2, 0) is 9.59 Å². The quantitative estimate of drug-likeness (QED) is 0.848. The van der Waals surface area contributed by atoms with Gasteiger partial charge in [0.25, 0.3) is 0 Å². The van der Waals surface area contributed by atoms with Crippen molar-refractivity contribution >= 4 is 11.8 Å². The maximum atomic E-state index is 12.5. The lowest BCUT2D eigenvalue weighted by Crippen LogP contribution is -2.62. The van der Waals surface area contributed by atoms with E-state index in [4.69, 9.17) is 0 Å². The molecule has 4 heteroatoms. The number of nitrogens with one attached hydrogen (secondary N) is 1. The molecule has 0 bridgehead atoms. The minimum absolute atomic E-state index is 0.000436. The Labute approximate surface area is 115 Å². The number of hydrogen-bond acceptors (Lipinski definition) is 2. The molecule has 0 spiro atoms. The molecule has 0 aromatic carbocycles. The van der Waals surface area contributed by atoms with Gasteiger partial charge in [-0.25, -0.2) is 0 Å². The summed E-state index contributed by atoms with van der Waals surface area (Å²) in [6, 6.07) is -0.0441. The van der Waals surface area contributed by atoms with Crippen LogP contribution in [0.2, 0.25) is 0 Å². The second-order valence-electron chi connectivity index (χ2n) is 6.25. The van der Waals surface area contributed by atoms with E-state index in [9.17, 15) is 9.59 Å². The van der Waals surface area contributed by atoms with Gasteiger partial charge >= 0.3 is 0 Å². The van der Waals surface area contributed by atoms with E-state index in [-0.39, 0.29) is 30.4 Å². The topological polar surface area (TPSA) is 49.4 Å². The van der Waals surface area contributed by atoms with Gasteiger partial charge in [0.05, 0.1) is 6.54 Å². The van der Waals surface area contributed by atoms with E-state index in [0.717, 1.165) is 6.42 Å². The number of amides is 2. The van der Waals surface area contributed by atoms with Crippen molar-refractivity contribution < 1.29 is 9.59 Å². The van der Waals surface area contributed by atoms with Crippen LogP contribution in [0.15, 0.2) is 0 Å². The summed E-state index contributed by atoms with van der Waals surface area (Å²) in [6.45, 7) is 6.67. The van der Waals surface area contributed by atoms with E-state index < -0.39 is 0 Å². The number of piperazine rings is 1. The first-order valence-corrected chi connectivity index (χ1v) is 7.64. The Morgan fingerprint density at radius 2 is 1.95 bits per heavy atom. The molecule has 2 rings (SSSR count). The zero-order valence-electron chi connectivity index (χ0n) is 12.3. The highest BCUT2D eigenvalue weighted by molar-refractivity contribution is 5.95. The molecule has 1 aliphatic carbocycles. The van der Waals surface area contributed by atoms with Crippen LogP contribution in [0, 0.1) is 11.8 Å². The second-order valence-corrected chi connectivity index (χ2v) is 6.25. The van der Waals surface area contributed by atoms with Crippen LogP contribution in [0.3, 0.4) is 0 Å². The zero-order chi connectivity index (χ0) is 14.0. The maximum Gasteiger partial charge on any atom is 0.245 e. The lowest BCUT2D eigenvalue weighted by Gasteiger charge is -2.44. The van der Waals surface area contributed by atoms with Gasteiger partial charge in [0, 0.05) is 6.04 Å². The molecule has 3 unspecified atom stereocenters. The molecule has 0 radical (unpaired) electrons. The molecule has 3 atom stereocenters. The highest BCUT2D eigenvalue weighted by atomic mass is 16.2. The van der Waals surface area contributed by atoms with Crippen LogP contribution in [0.25, 0.3) is 0 Å². The zero-order valence-corrected chi connectivity index (χ0v) is 12.3. The standard InChI is InChI=1S/C15H26N2O2/c1-4-12-15(19)17(9-14(18)16-12)13-8-6-5-7-11(13)10(2)3/h10-13H,4-9H2,1-3H3,(H,16,18). The molecule has 1 aliphatic heterocycles. The smallest absolute Gasteiger partial charge is 0.245 e. The molecular weight excluding hydrogens is 240 g/mol. The van der Waals surface area contributed by atoms with Crippen molar-refractivity contribution in [1.29, 1.82) is 0 Å². The predicted octanol–water partition coefficient (Wildman–Crippen LogP) is 1.94. The summed E-state index contributed by atoms with van der Waals surface area (Å²) in [5, 5.41) is 2.80. The lowest BCUT2D eigenvalue weighted by molar-refractivity contribution is -0.149. The predicted molar refractivity (Wildman–Crippen MR) is 74.5 cm³/mol. The van der Waals surface area contributed by atoms with Crippen molar-refractivity contribution in [2.24, 2.45) is 11.8 Å². The van der Waals surface area contributed by atoms with Crippen molar-refractivity contribution in [3.05, 3.63) is 0 Å². The van der Waals surface area contributed by atoms with Crippen LogP contribution in [-0.4, -0.2) is 35.3 Å². The number of hydrogen-bond donors (Lipinski definition) is 1. The van der Waals surface area contributed by atoms with E-state index in [2.05, 4.69) is 19.2 Å². The van der Waals surface area contributed by atoms with Crippen LogP contribution < -0.4 is 5.32 Å². The summed E-state index contributed by atoms with van der Waals surface area (Å²) < 4.78 is 0. The van der Waals surface area contributed by atoms with Crippen molar-refractivity contribution in [3.8, 4) is 0 Å². The Bertz CT molecular complexity index is 354. The molecule has 2 amide bonds. The first-order chi connectivity index (χ1) is 9.04. The minimum Gasteiger partial charge on any atom is -0.343 e. The summed E-state index contributed by atoms with van der Waals surface area (Å²) in [5.41, 5.74) is 0. The summed E-state index contributed by atoms with van der Waals surface area (Å²) in [4.78, 5) is 26.2. The molecule has 0 aromatic heterocycles. The first-order valence-electron chi connectivity index (χ1n) is 7.64. The van der Waals surface area contributed by atoms with E-state index in [1.165, 1.54) is 19.3 Å². The summed E-state index contributed by atoms with van der Waals surface area (Å²) in [7, 11) is 0. The SMILES string of the molecule is CCC1NC(=O)CN(C2CCCCC2C(C)C)C1=O. The largest absolute Gasteiger partial charge is 0.343 e. The van der Waals surface area contributed by atoms with Gasteiger partial charge in [-0.05, 0) is 31.1 Å². The van der Waals surface area contributed by atoms with E-state index in [1.54, 1.807) is 0 Å². The Balaban J connectivity index is 2.17. The number of rotatable bonds is 3. The third-order valence-electron chi connectivity index (χ3n) is 4.68. The third-order valence-corrected chi connectivity index (χ3v) is 4.68. The second kappa shape index (κ2) is 5.93. The van der Waals surface area contributed by atoms with E-state index in [1.807, 2.05) is 11.8 Å². The molecule has 2 aliphatic rings. The fourth-order valence-corrected chi connectivity index (χ4v) is 3.60. The number of carbonyl (C=O) groups is 2. The Kier molecular flexibility index (Phi) is 4.48. The van der Waals surface area contributed by atoms with E-state index >= 15 is 0 Å². The molecule has 19 heavy (non-hydrogen) atoms. The molecule has 4 nitrogen and oxygen atoms in total. The van der Waals surface area contributed by atoms with Crippen LogP contribution in [0.5, 0.6) is 0 Å². The first kappa shape index (κ1) is 14.4. The summed E-state index contributed by atoms with van der Waals surface area (Å²) >= 11 is 0. The van der Waals surface area contributed by atoms with Crippen molar-refractivity contribution in [1.82, 2.24) is 10.2 Å². The Morgan fingerprint density at radius 1 is 1.26 bits per heavy atom. The average molecular weight is 266 g/mol. The van der Waals surface area contributed by atoms with Crippen LogP contribution in [0.1, 0.15) is 52.9 Å².